The molecule has 0 radical (unpaired) electrons. The molecule has 4 aromatic rings. The topological polar surface area (TPSA) is 90.6 Å². The highest BCUT2D eigenvalue weighted by Crippen LogP contribution is 2.21. The second-order valence-electron chi connectivity index (χ2n) is 6.30. The Morgan fingerprint density at radius 1 is 1.03 bits per heavy atom. The first-order valence-corrected chi connectivity index (χ1v) is 9.55. The molecule has 0 aliphatic heterocycles. The van der Waals surface area contributed by atoms with E-state index in [1.165, 1.54) is 0 Å². The fraction of sp³-hybridized carbons (Fsp3) is 0.143. The highest BCUT2D eigenvalue weighted by molar-refractivity contribution is 6.30. The van der Waals surface area contributed by atoms with Gasteiger partial charge in [-0.1, -0.05) is 11.6 Å². The van der Waals surface area contributed by atoms with E-state index in [0.717, 1.165) is 11.3 Å². The molecule has 0 spiro atoms. The van der Waals surface area contributed by atoms with Gasteiger partial charge in [0, 0.05) is 22.2 Å². The van der Waals surface area contributed by atoms with E-state index < -0.39 is 0 Å². The lowest BCUT2D eigenvalue weighted by molar-refractivity contribution is 0.0946. The number of carbonyl (C=O) groups excluding carboxylic acids is 1. The first-order chi connectivity index (χ1) is 14.6. The van der Waals surface area contributed by atoms with Gasteiger partial charge < -0.3 is 14.8 Å². The standard InChI is InChI=1S/C21H18ClN5O3/c1-29-17-8-4-14(5-9-17)20-25-24-18-10-11-19(26-27(18)20)30-13-12-23-21(28)15-2-6-16(22)7-3-15/h2-11H,12-13H2,1H3,(H,23,28). The maximum Gasteiger partial charge on any atom is 0.251 e. The van der Waals surface area contributed by atoms with E-state index in [-0.39, 0.29) is 12.5 Å². The molecule has 0 unspecified atom stereocenters. The summed E-state index contributed by atoms with van der Waals surface area (Å²) in [5.74, 6) is 1.55. The Morgan fingerprint density at radius 2 is 1.80 bits per heavy atom. The molecule has 30 heavy (non-hydrogen) atoms. The van der Waals surface area contributed by atoms with Crippen LogP contribution in [0, 0.1) is 0 Å². The molecule has 1 amide bonds. The number of nitrogens with zero attached hydrogens (tertiary/aromatic N) is 4. The average Bonchev–Trinajstić information content (AvgIpc) is 3.20. The van der Waals surface area contributed by atoms with Gasteiger partial charge in [0.15, 0.2) is 11.5 Å². The first kappa shape index (κ1) is 19.7. The van der Waals surface area contributed by atoms with Crippen molar-refractivity contribution in [1.82, 2.24) is 25.1 Å². The molecule has 2 heterocycles. The summed E-state index contributed by atoms with van der Waals surface area (Å²) in [6.45, 7) is 0.590. The molecule has 1 N–H and O–H groups in total. The van der Waals surface area contributed by atoms with Gasteiger partial charge >= 0.3 is 0 Å². The lowest BCUT2D eigenvalue weighted by Crippen LogP contribution is -2.28. The lowest BCUT2D eigenvalue weighted by Gasteiger charge is -2.08. The third kappa shape index (κ3) is 4.33. The van der Waals surface area contributed by atoms with Crippen LogP contribution in [0.15, 0.2) is 60.7 Å². The number of carbonyl (C=O) groups is 1. The van der Waals surface area contributed by atoms with E-state index >= 15 is 0 Å². The van der Waals surface area contributed by atoms with Crippen molar-refractivity contribution >= 4 is 23.2 Å². The van der Waals surface area contributed by atoms with Crippen LogP contribution >= 0.6 is 11.6 Å². The van der Waals surface area contributed by atoms with Crippen molar-refractivity contribution in [2.75, 3.05) is 20.3 Å². The number of hydrogen-bond donors (Lipinski definition) is 1. The zero-order valence-electron chi connectivity index (χ0n) is 16.1. The predicted molar refractivity (Wildman–Crippen MR) is 112 cm³/mol. The Hall–Kier alpha value is -3.65. The maximum atomic E-state index is 12.1. The summed E-state index contributed by atoms with van der Waals surface area (Å²) in [5, 5.41) is 16.2. The number of nitrogens with one attached hydrogen (secondary N) is 1. The van der Waals surface area contributed by atoms with Crippen LogP contribution in [-0.4, -0.2) is 46.0 Å². The van der Waals surface area contributed by atoms with Crippen LogP contribution in [0.25, 0.3) is 17.0 Å². The summed E-state index contributed by atoms with van der Waals surface area (Å²) >= 11 is 5.83. The second-order valence-corrected chi connectivity index (χ2v) is 6.74. The largest absolute Gasteiger partial charge is 0.497 e. The molecule has 0 saturated heterocycles. The maximum absolute atomic E-state index is 12.1. The monoisotopic (exact) mass is 423 g/mol. The number of aromatic nitrogens is 4. The average molecular weight is 424 g/mol. The molecule has 2 aromatic carbocycles. The third-order valence-electron chi connectivity index (χ3n) is 4.33. The molecule has 4 rings (SSSR count). The van der Waals surface area contributed by atoms with Crippen molar-refractivity contribution in [2.45, 2.75) is 0 Å². The summed E-state index contributed by atoms with van der Waals surface area (Å²) < 4.78 is 12.5. The van der Waals surface area contributed by atoms with E-state index in [0.29, 0.717) is 34.5 Å². The molecule has 152 valence electrons. The van der Waals surface area contributed by atoms with Gasteiger partial charge in [0.1, 0.15) is 12.4 Å². The van der Waals surface area contributed by atoms with Gasteiger partial charge in [-0.15, -0.1) is 15.3 Å². The van der Waals surface area contributed by atoms with Gasteiger partial charge in [-0.2, -0.15) is 4.52 Å². The lowest BCUT2D eigenvalue weighted by atomic mass is 10.2. The Morgan fingerprint density at radius 3 is 2.53 bits per heavy atom. The highest BCUT2D eigenvalue weighted by atomic mass is 35.5. The van der Waals surface area contributed by atoms with Crippen LogP contribution in [0.4, 0.5) is 0 Å². The number of rotatable bonds is 7. The second kappa shape index (κ2) is 8.79. The highest BCUT2D eigenvalue weighted by Gasteiger charge is 2.11. The van der Waals surface area contributed by atoms with Gasteiger partial charge in [0.05, 0.1) is 13.7 Å². The molecule has 0 atom stereocenters. The van der Waals surface area contributed by atoms with Crippen LogP contribution in [0.2, 0.25) is 5.02 Å². The van der Waals surface area contributed by atoms with Crippen LogP contribution in [-0.2, 0) is 0 Å². The molecule has 0 fully saturated rings. The third-order valence-corrected chi connectivity index (χ3v) is 4.58. The zero-order valence-corrected chi connectivity index (χ0v) is 16.8. The predicted octanol–water partition coefficient (Wildman–Crippen LogP) is 3.26. The number of hydrogen-bond acceptors (Lipinski definition) is 6. The van der Waals surface area contributed by atoms with E-state index in [4.69, 9.17) is 21.1 Å². The molecule has 0 bridgehead atoms. The van der Waals surface area contributed by atoms with Gasteiger partial charge in [-0.05, 0) is 54.6 Å². The minimum atomic E-state index is -0.195. The van der Waals surface area contributed by atoms with Crippen LogP contribution in [0.5, 0.6) is 11.6 Å². The number of benzene rings is 2. The SMILES string of the molecule is COc1ccc(-c2nnc3ccc(OCCNC(=O)c4ccc(Cl)cc4)nn23)cc1. The Kier molecular flexibility index (Phi) is 5.76. The van der Waals surface area contributed by atoms with Gasteiger partial charge in [-0.25, -0.2) is 0 Å². The summed E-state index contributed by atoms with van der Waals surface area (Å²) in [5.41, 5.74) is 1.99. The number of ether oxygens (including phenoxy) is 2. The molecular weight excluding hydrogens is 406 g/mol. The summed E-state index contributed by atoms with van der Waals surface area (Å²) in [4.78, 5) is 12.1. The van der Waals surface area contributed by atoms with Crippen molar-refractivity contribution in [3.63, 3.8) is 0 Å². The quantitative estimate of drug-likeness (QED) is 0.459. The van der Waals surface area contributed by atoms with Crippen molar-refractivity contribution in [3.05, 3.63) is 71.2 Å². The van der Waals surface area contributed by atoms with Gasteiger partial charge in [0.2, 0.25) is 5.88 Å². The number of amides is 1. The van der Waals surface area contributed by atoms with E-state index in [9.17, 15) is 4.79 Å². The molecule has 0 saturated carbocycles. The van der Waals surface area contributed by atoms with Crippen molar-refractivity contribution in [1.29, 1.82) is 0 Å². The number of fused-ring (bicyclic) bond motifs is 1. The van der Waals surface area contributed by atoms with E-state index in [1.807, 2.05) is 24.3 Å². The Bertz CT molecular complexity index is 1160. The number of halogens is 1. The Balaban J connectivity index is 1.39. The van der Waals surface area contributed by atoms with Crippen LogP contribution in [0.1, 0.15) is 10.4 Å². The van der Waals surface area contributed by atoms with Crippen molar-refractivity contribution in [3.8, 4) is 23.0 Å². The normalized spacial score (nSPS) is 10.7. The zero-order chi connectivity index (χ0) is 20.9. The van der Waals surface area contributed by atoms with Crippen LogP contribution < -0.4 is 14.8 Å². The minimum absolute atomic E-state index is 0.195. The number of methoxy groups -OCH3 is 1. The molecule has 8 nitrogen and oxygen atoms in total. The van der Waals surface area contributed by atoms with Crippen molar-refractivity contribution in [2.24, 2.45) is 0 Å². The minimum Gasteiger partial charge on any atom is -0.497 e. The molecule has 0 aliphatic carbocycles. The molecule has 9 heteroatoms. The van der Waals surface area contributed by atoms with Gasteiger partial charge in [0.25, 0.3) is 5.91 Å². The van der Waals surface area contributed by atoms with Crippen molar-refractivity contribution < 1.29 is 14.3 Å². The van der Waals surface area contributed by atoms with E-state index in [1.54, 1.807) is 48.0 Å². The fourth-order valence-electron chi connectivity index (χ4n) is 2.79. The van der Waals surface area contributed by atoms with Gasteiger partial charge in [-0.3, -0.25) is 4.79 Å². The first-order valence-electron chi connectivity index (χ1n) is 9.17. The smallest absolute Gasteiger partial charge is 0.251 e. The van der Waals surface area contributed by atoms with E-state index in [2.05, 4.69) is 20.6 Å². The molecule has 2 aromatic heterocycles. The summed E-state index contributed by atoms with van der Waals surface area (Å²) in [7, 11) is 1.62. The van der Waals surface area contributed by atoms with Crippen LogP contribution in [0.3, 0.4) is 0 Å². The molecule has 0 aliphatic rings. The fourth-order valence-corrected chi connectivity index (χ4v) is 2.92. The molecular formula is C21H18ClN5O3. The summed E-state index contributed by atoms with van der Waals surface area (Å²) in [6.07, 6.45) is 0. The Labute approximate surface area is 177 Å². The summed E-state index contributed by atoms with van der Waals surface area (Å²) in [6, 6.07) is 17.6.